The van der Waals surface area contributed by atoms with Gasteiger partial charge < -0.3 is 0 Å². The van der Waals surface area contributed by atoms with Gasteiger partial charge in [-0.2, -0.15) is 0 Å². The van der Waals surface area contributed by atoms with Gasteiger partial charge in [0, 0.05) is 5.56 Å². The van der Waals surface area contributed by atoms with Crippen LogP contribution in [0.25, 0.3) is 0 Å². The lowest BCUT2D eigenvalue weighted by Crippen LogP contribution is -1.87. The van der Waals surface area contributed by atoms with E-state index in [1.807, 2.05) is 0 Å². The van der Waals surface area contributed by atoms with Crippen LogP contribution in [0.15, 0.2) is 24.3 Å². The highest BCUT2D eigenvalue weighted by Crippen LogP contribution is 2.06. The van der Waals surface area contributed by atoms with E-state index in [1.165, 1.54) is 6.07 Å². The summed E-state index contributed by atoms with van der Waals surface area (Å²) in [4.78, 5) is 10.1. The number of benzene rings is 1. The molecule has 1 N–H and O–H groups in total. The minimum Gasteiger partial charge on any atom is -0.298 e. The molecule has 0 heterocycles. The number of carbonyl (C=O) groups excluding carboxylic acids is 1. The Morgan fingerprint density at radius 1 is 1.40 bits per heavy atom. The van der Waals surface area contributed by atoms with E-state index in [0.29, 0.717) is 17.5 Å². The van der Waals surface area contributed by atoms with E-state index in [-0.39, 0.29) is 0 Å². The molecule has 1 rings (SSSR count). The zero-order valence-electron chi connectivity index (χ0n) is 5.20. The Labute approximate surface area is 58.3 Å². The normalized spacial score (nSPS) is 8.90. The monoisotopic (exact) mass is 136 g/mol. The fraction of sp³-hybridized carbons (Fsp3) is 0. The summed E-state index contributed by atoms with van der Waals surface area (Å²) >= 11 is 0. The van der Waals surface area contributed by atoms with Crippen LogP contribution in [-0.4, -0.2) is 6.29 Å². The summed E-state index contributed by atoms with van der Waals surface area (Å²) in [5, 5.41) is 10.0. The van der Waals surface area contributed by atoms with E-state index < -0.39 is 0 Å². The molecule has 0 aliphatic carbocycles. The largest absolute Gasteiger partial charge is 0.298 e. The van der Waals surface area contributed by atoms with Crippen LogP contribution in [0.4, 0.5) is 5.69 Å². The van der Waals surface area contributed by atoms with Crippen LogP contribution < -0.4 is 5.48 Å². The molecule has 0 saturated heterocycles. The lowest BCUT2D eigenvalue weighted by Gasteiger charge is -1.94. The summed E-state index contributed by atoms with van der Waals surface area (Å²) in [6.07, 6.45) is 0.695. The topological polar surface area (TPSA) is 49.0 Å². The molecule has 0 aromatic heterocycles. The number of rotatable bonds is 2. The standard InChI is InChI=1S/C7H6NO2/c9-5-6-2-1-3-7(4-6)8-10/h1-5,8H. The van der Waals surface area contributed by atoms with Crippen LogP contribution in [0, 0.1) is 0 Å². The Bertz CT molecular complexity index is 235. The Balaban J connectivity index is 2.98. The van der Waals surface area contributed by atoms with E-state index in [4.69, 9.17) is 0 Å². The van der Waals surface area contributed by atoms with Gasteiger partial charge in [0.15, 0.2) is 0 Å². The van der Waals surface area contributed by atoms with Crippen molar-refractivity contribution in [2.75, 3.05) is 5.48 Å². The molecular formula is C7H6NO2. The van der Waals surface area contributed by atoms with Gasteiger partial charge >= 0.3 is 0 Å². The number of carbonyl (C=O) groups is 1. The molecule has 0 saturated carbocycles. The zero-order valence-corrected chi connectivity index (χ0v) is 5.20. The molecule has 0 bridgehead atoms. The molecule has 10 heavy (non-hydrogen) atoms. The van der Waals surface area contributed by atoms with Crippen LogP contribution in [0.3, 0.4) is 0 Å². The van der Waals surface area contributed by atoms with Crippen molar-refractivity contribution >= 4 is 12.0 Å². The fourth-order valence-electron chi connectivity index (χ4n) is 0.675. The zero-order chi connectivity index (χ0) is 7.40. The molecule has 1 radical (unpaired) electrons. The maximum atomic E-state index is 10.1. The number of hydrogen-bond acceptors (Lipinski definition) is 2. The van der Waals surface area contributed by atoms with Gasteiger partial charge in [0.1, 0.15) is 6.29 Å². The lowest BCUT2D eigenvalue weighted by molar-refractivity contribution is 0.112. The number of nitrogens with one attached hydrogen (secondary N) is 1. The molecule has 51 valence electrons. The van der Waals surface area contributed by atoms with Crippen molar-refractivity contribution in [2.24, 2.45) is 0 Å². The molecule has 1 aromatic carbocycles. The van der Waals surface area contributed by atoms with Crippen molar-refractivity contribution in [3.63, 3.8) is 0 Å². The smallest absolute Gasteiger partial charge is 0.150 e. The lowest BCUT2D eigenvalue weighted by atomic mass is 10.2. The second-order valence-electron chi connectivity index (χ2n) is 1.85. The van der Waals surface area contributed by atoms with Crippen molar-refractivity contribution in [3.8, 4) is 0 Å². The molecular weight excluding hydrogens is 130 g/mol. The Morgan fingerprint density at radius 2 is 2.20 bits per heavy atom. The summed E-state index contributed by atoms with van der Waals surface area (Å²) in [6, 6.07) is 6.36. The van der Waals surface area contributed by atoms with Crippen molar-refractivity contribution in [2.45, 2.75) is 0 Å². The van der Waals surface area contributed by atoms with Crippen molar-refractivity contribution in [1.29, 1.82) is 0 Å². The van der Waals surface area contributed by atoms with Crippen molar-refractivity contribution in [3.05, 3.63) is 29.8 Å². The summed E-state index contributed by atoms with van der Waals surface area (Å²) in [5.74, 6) is 0. The Hall–Kier alpha value is -1.35. The summed E-state index contributed by atoms with van der Waals surface area (Å²) < 4.78 is 0. The number of hydrogen-bond donors (Lipinski definition) is 1. The third-order valence-corrected chi connectivity index (χ3v) is 1.14. The predicted octanol–water partition coefficient (Wildman–Crippen LogP) is 1.26. The molecule has 0 amide bonds. The van der Waals surface area contributed by atoms with E-state index in [9.17, 15) is 10.0 Å². The van der Waals surface area contributed by atoms with Crippen LogP contribution >= 0.6 is 0 Å². The third-order valence-electron chi connectivity index (χ3n) is 1.14. The molecule has 0 aliphatic rings. The van der Waals surface area contributed by atoms with Gasteiger partial charge in [0.25, 0.3) is 0 Å². The molecule has 0 unspecified atom stereocenters. The number of anilines is 1. The van der Waals surface area contributed by atoms with Crippen LogP contribution in [-0.2, 0) is 5.21 Å². The van der Waals surface area contributed by atoms with E-state index in [1.54, 1.807) is 23.7 Å². The van der Waals surface area contributed by atoms with E-state index >= 15 is 0 Å². The average molecular weight is 136 g/mol. The summed E-state index contributed by atoms with van der Waals surface area (Å²) in [6.45, 7) is 0. The quantitative estimate of drug-likeness (QED) is 0.491. The first-order valence-corrected chi connectivity index (χ1v) is 2.80. The SMILES string of the molecule is [O]Nc1cccc(C=O)c1. The van der Waals surface area contributed by atoms with Gasteiger partial charge in [-0.25, -0.2) is 5.48 Å². The molecule has 0 fully saturated rings. The maximum absolute atomic E-state index is 10.1. The summed E-state index contributed by atoms with van der Waals surface area (Å²) in [7, 11) is 0. The number of aldehydes is 1. The van der Waals surface area contributed by atoms with Crippen molar-refractivity contribution < 1.29 is 10.0 Å². The van der Waals surface area contributed by atoms with Gasteiger partial charge in [0.05, 0.1) is 5.69 Å². The highest BCUT2D eigenvalue weighted by molar-refractivity contribution is 5.76. The fourth-order valence-corrected chi connectivity index (χ4v) is 0.675. The van der Waals surface area contributed by atoms with Crippen molar-refractivity contribution in [1.82, 2.24) is 0 Å². The molecule has 0 aliphatic heterocycles. The first-order valence-electron chi connectivity index (χ1n) is 2.80. The second kappa shape index (κ2) is 2.98. The molecule has 0 spiro atoms. The van der Waals surface area contributed by atoms with Crippen LogP contribution in [0.2, 0.25) is 0 Å². The minimum absolute atomic E-state index is 0.407. The Morgan fingerprint density at radius 3 is 2.80 bits per heavy atom. The molecule has 1 aromatic rings. The van der Waals surface area contributed by atoms with Gasteiger partial charge in [-0.05, 0) is 12.1 Å². The van der Waals surface area contributed by atoms with Crippen LogP contribution in [0.5, 0.6) is 0 Å². The van der Waals surface area contributed by atoms with E-state index in [2.05, 4.69) is 0 Å². The van der Waals surface area contributed by atoms with Gasteiger partial charge in [-0.1, -0.05) is 17.3 Å². The predicted molar refractivity (Wildman–Crippen MR) is 36.1 cm³/mol. The Kier molecular flexibility index (Phi) is 2.02. The first kappa shape index (κ1) is 6.77. The second-order valence-corrected chi connectivity index (χ2v) is 1.85. The maximum Gasteiger partial charge on any atom is 0.150 e. The average Bonchev–Trinajstić information content (AvgIpc) is 2.05. The van der Waals surface area contributed by atoms with E-state index in [0.717, 1.165) is 0 Å². The van der Waals surface area contributed by atoms with Gasteiger partial charge in [-0.3, -0.25) is 4.79 Å². The highest BCUT2D eigenvalue weighted by atomic mass is 16.5. The molecule has 3 nitrogen and oxygen atoms in total. The van der Waals surface area contributed by atoms with Gasteiger partial charge in [0.2, 0.25) is 0 Å². The molecule has 3 heteroatoms. The van der Waals surface area contributed by atoms with Gasteiger partial charge in [-0.15, -0.1) is 0 Å². The first-order chi connectivity index (χ1) is 4.86. The third kappa shape index (κ3) is 1.33. The highest BCUT2D eigenvalue weighted by Gasteiger charge is 1.90. The molecule has 0 atom stereocenters. The summed E-state index contributed by atoms with van der Waals surface area (Å²) in [5.41, 5.74) is 2.60. The van der Waals surface area contributed by atoms with Crippen LogP contribution in [0.1, 0.15) is 10.4 Å². The minimum atomic E-state index is 0.407.